The van der Waals surface area contributed by atoms with Crippen LogP contribution in [-0.4, -0.2) is 41.7 Å². The van der Waals surface area contributed by atoms with Crippen molar-refractivity contribution >= 4 is 17.3 Å². The van der Waals surface area contributed by atoms with Crippen LogP contribution in [0, 0.1) is 5.82 Å². The number of amides is 1. The number of nitrogens with one attached hydrogen (secondary N) is 1. The number of anilines is 2. The third-order valence-corrected chi connectivity index (χ3v) is 3.19. The lowest BCUT2D eigenvalue weighted by atomic mass is 10.2. The van der Waals surface area contributed by atoms with E-state index < -0.39 is 11.9 Å². The summed E-state index contributed by atoms with van der Waals surface area (Å²) in [6, 6.07) is 3.64. The van der Waals surface area contributed by atoms with Crippen LogP contribution < -0.4 is 11.1 Å². The van der Waals surface area contributed by atoms with Gasteiger partial charge >= 0.3 is 0 Å². The summed E-state index contributed by atoms with van der Waals surface area (Å²) in [7, 11) is 0. The minimum absolute atomic E-state index is 0.0781. The normalized spacial score (nSPS) is 12.4. The Hall–Kier alpha value is -1.66. The Kier molecular flexibility index (Phi) is 6.41. The highest BCUT2D eigenvalue weighted by Crippen LogP contribution is 2.18. The van der Waals surface area contributed by atoms with Crippen molar-refractivity contribution in [2.45, 2.75) is 26.3 Å². The molecule has 0 aliphatic rings. The van der Waals surface area contributed by atoms with Gasteiger partial charge in [0.1, 0.15) is 5.82 Å². The largest absolute Gasteiger partial charge is 0.399 e. The molecule has 1 atom stereocenters. The average Bonchev–Trinajstić information content (AvgIpc) is 2.43. The van der Waals surface area contributed by atoms with Gasteiger partial charge < -0.3 is 16.2 Å². The fourth-order valence-corrected chi connectivity index (χ4v) is 1.94. The molecular weight excluding hydrogens is 261 g/mol. The first-order valence-corrected chi connectivity index (χ1v) is 6.70. The van der Waals surface area contributed by atoms with Gasteiger partial charge in [0, 0.05) is 18.8 Å². The fraction of sp³-hybridized carbons (Fsp3) is 0.500. The summed E-state index contributed by atoms with van der Waals surface area (Å²) >= 11 is 0. The monoisotopic (exact) mass is 283 g/mol. The molecule has 0 spiro atoms. The van der Waals surface area contributed by atoms with E-state index in [1.807, 2.05) is 11.8 Å². The first-order valence-electron chi connectivity index (χ1n) is 6.70. The van der Waals surface area contributed by atoms with Crippen molar-refractivity contribution in [3.63, 3.8) is 0 Å². The Morgan fingerprint density at radius 3 is 2.85 bits per heavy atom. The standard InChI is InChI=1S/C14H22FN3O2/c1-3-18(7-4-8-19)10(2)14(20)17-13-9-11(16)5-6-12(13)15/h5-6,9-10,19H,3-4,7-8,16H2,1-2H3,(H,17,20). The summed E-state index contributed by atoms with van der Waals surface area (Å²) in [5.74, 6) is -0.813. The van der Waals surface area contributed by atoms with Crippen molar-refractivity contribution in [2.75, 3.05) is 30.7 Å². The van der Waals surface area contributed by atoms with Crippen LogP contribution in [0.25, 0.3) is 0 Å². The molecule has 0 aliphatic carbocycles. The maximum absolute atomic E-state index is 13.6. The number of nitrogens with zero attached hydrogens (tertiary/aromatic N) is 1. The molecule has 1 unspecified atom stereocenters. The van der Waals surface area contributed by atoms with Crippen LogP contribution in [-0.2, 0) is 4.79 Å². The highest BCUT2D eigenvalue weighted by molar-refractivity contribution is 5.95. The number of nitrogens with two attached hydrogens (primary N) is 1. The average molecular weight is 283 g/mol. The number of nitrogen functional groups attached to an aromatic ring is 1. The van der Waals surface area contributed by atoms with Crippen LogP contribution in [0.3, 0.4) is 0 Å². The molecule has 0 aliphatic heterocycles. The molecule has 0 saturated heterocycles. The Balaban J connectivity index is 2.71. The minimum Gasteiger partial charge on any atom is -0.399 e. The summed E-state index contributed by atoms with van der Waals surface area (Å²) in [5.41, 5.74) is 6.05. The molecule has 112 valence electrons. The van der Waals surface area contributed by atoms with Gasteiger partial charge in [-0.25, -0.2) is 4.39 Å². The van der Waals surface area contributed by atoms with Gasteiger partial charge in [0.05, 0.1) is 11.7 Å². The number of carbonyl (C=O) groups is 1. The van der Waals surface area contributed by atoms with Gasteiger partial charge in [-0.1, -0.05) is 6.92 Å². The van der Waals surface area contributed by atoms with E-state index in [0.717, 1.165) is 0 Å². The molecule has 4 N–H and O–H groups in total. The number of hydrogen-bond donors (Lipinski definition) is 3. The number of carbonyl (C=O) groups excluding carboxylic acids is 1. The van der Waals surface area contributed by atoms with Crippen molar-refractivity contribution < 1.29 is 14.3 Å². The zero-order valence-electron chi connectivity index (χ0n) is 11.9. The number of halogens is 1. The lowest BCUT2D eigenvalue weighted by Gasteiger charge is -2.26. The van der Waals surface area contributed by atoms with E-state index in [4.69, 9.17) is 10.8 Å². The molecule has 20 heavy (non-hydrogen) atoms. The van der Waals surface area contributed by atoms with Crippen LogP contribution in [0.4, 0.5) is 15.8 Å². The number of aliphatic hydroxyl groups excluding tert-OH is 1. The topological polar surface area (TPSA) is 78.6 Å². The molecule has 0 fully saturated rings. The van der Waals surface area contributed by atoms with Gasteiger partial charge in [0.2, 0.25) is 5.91 Å². The van der Waals surface area contributed by atoms with Gasteiger partial charge in [-0.3, -0.25) is 9.69 Å². The molecule has 5 nitrogen and oxygen atoms in total. The van der Waals surface area contributed by atoms with Gasteiger partial charge in [0.15, 0.2) is 0 Å². The molecule has 1 amide bonds. The molecule has 0 radical (unpaired) electrons. The minimum atomic E-state index is -0.516. The lowest BCUT2D eigenvalue weighted by molar-refractivity contribution is -0.120. The predicted molar refractivity (Wildman–Crippen MR) is 77.9 cm³/mol. The van der Waals surface area contributed by atoms with E-state index in [-0.39, 0.29) is 18.2 Å². The zero-order chi connectivity index (χ0) is 15.1. The first kappa shape index (κ1) is 16.4. The van der Waals surface area contributed by atoms with Crippen molar-refractivity contribution in [3.8, 4) is 0 Å². The second-order valence-electron chi connectivity index (χ2n) is 4.61. The third kappa shape index (κ3) is 4.47. The number of benzene rings is 1. The highest BCUT2D eigenvalue weighted by atomic mass is 19.1. The van der Waals surface area contributed by atoms with Crippen LogP contribution in [0.1, 0.15) is 20.3 Å². The molecule has 0 bridgehead atoms. The molecule has 0 heterocycles. The summed E-state index contributed by atoms with van der Waals surface area (Å²) in [6.45, 7) is 5.05. The smallest absolute Gasteiger partial charge is 0.241 e. The van der Waals surface area contributed by atoms with Crippen LogP contribution >= 0.6 is 0 Å². The quantitative estimate of drug-likeness (QED) is 0.662. The van der Waals surface area contributed by atoms with Crippen LogP contribution in [0.5, 0.6) is 0 Å². The number of likely N-dealkylation sites (N-methyl/N-ethyl adjacent to an activating group) is 1. The molecule has 0 saturated carbocycles. The molecule has 6 heteroatoms. The summed E-state index contributed by atoms with van der Waals surface area (Å²) in [4.78, 5) is 14.0. The first-order chi connectivity index (χ1) is 9.49. The van der Waals surface area contributed by atoms with E-state index >= 15 is 0 Å². The maximum Gasteiger partial charge on any atom is 0.241 e. The van der Waals surface area contributed by atoms with Crippen molar-refractivity contribution in [1.82, 2.24) is 4.90 Å². The van der Waals surface area contributed by atoms with Crippen molar-refractivity contribution in [1.29, 1.82) is 0 Å². The number of hydrogen-bond acceptors (Lipinski definition) is 4. The molecule has 0 aromatic heterocycles. The van der Waals surface area contributed by atoms with Crippen molar-refractivity contribution in [3.05, 3.63) is 24.0 Å². The van der Waals surface area contributed by atoms with Gasteiger partial charge in [-0.15, -0.1) is 0 Å². The highest BCUT2D eigenvalue weighted by Gasteiger charge is 2.20. The van der Waals surface area contributed by atoms with Crippen LogP contribution in [0.2, 0.25) is 0 Å². The molecule has 1 aromatic carbocycles. The summed E-state index contributed by atoms with van der Waals surface area (Å²) < 4.78 is 13.6. The Morgan fingerprint density at radius 1 is 1.55 bits per heavy atom. The van der Waals surface area contributed by atoms with Gasteiger partial charge in [0.25, 0.3) is 0 Å². The van der Waals surface area contributed by atoms with Crippen molar-refractivity contribution in [2.24, 2.45) is 0 Å². The fourth-order valence-electron chi connectivity index (χ4n) is 1.94. The van der Waals surface area contributed by atoms with Crippen LogP contribution in [0.15, 0.2) is 18.2 Å². The zero-order valence-corrected chi connectivity index (χ0v) is 11.9. The summed E-state index contributed by atoms with van der Waals surface area (Å²) in [5, 5.41) is 11.4. The number of aliphatic hydroxyl groups is 1. The molecule has 1 aromatic rings. The van der Waals surface area contributed by atoms with Gasteiger partial charge in [-0.2, -0.15) is 0 Å². The molecule has 1 rings (SSSR count). The second kappa shape index (κ2) is 7.81. The SMILES string of the molecule is CCN(CCCO)C(C)C(=O)Nc1cc(N)ccc1F. The Labute approximate surface area is 118 Å². The lowest BCUT2D eigenvalue weighted by Crippen LogP contribution is -2.42. The second-order valence-corrected chi connectivity index (χ2v) is 4.61. The summed E-state index contributed by atoms with van der Waals surface area (Å²) in [6.07, 6.45) is 0.595. The molecular formula is C14H22FN3O2. The van der Waals surface area contributed by atoms with E-state index in [9.17, 15) is 9.18 Å². The van der Waals surface area contributed by atoms with E-state index in [2.05, 4.69) is 5.32 Å². The Morgan fingerprint density at radius 2 is 2.25 bits per heavy atom. The van der Waals surface area contributed by atoms with E-state index in [1.165, 1.54) is 18.2 Å². The predicted octanol–water partition coefficient (Wildman–Crippen LogP) is 1.44. The maximum atomic E-state index is 13.6. The van der Waals surface area contributed by atoms with Gasteiger partial charge in [-0.05, 0) is 38.1 Å². The number of rotatable bonds is 7. The Bertz CT molecular complexity index is 454. The van der Waals surface area contributed by atoms with E-state index in [1.54, 1.807) is 6.92 Å². The van der Waals surface area contributed by atoms with E-state index in [0.29, 0.717) is 25.2 Å². The third-order valence-electron chi connectivity index (χ3n) is 3.19.